The molecule has 1 heterocycles. The van der Waals surface area contributed by atoms with Crippen LogP contribution in [0.25, 0.3) is 10.8 Å². The van der Waals surface area contributed by atoms with Crippen LogP contribution >= 0.6 is 0 Å². The van der Waals surface area contributed by atoms with Crippen molar-refractivity contribution in [3.05, 3.63) is 77.6 Å². The van der Waals surface area contributed by atoms with Gasteiger partial charge in [0.15, 0.2) is 9.84 Å². The van der Waals surface area contributed by atoms with Crippen LogP contribution in [-0.2, 0) is 9.84 Å². The molecule has 1 aliphatic heterocycles. The lowest BCUT2D eigenvalue weighted by atomic mass is 10.0. The number of amides is 1. The SMILES string of the molecule is CCOc1ccc2ccccc2c1C(=O)N1CCC(c2ccccc2F)S(=O)(=O)CC1. The van der Waals surface area contributed by atoms with Crippen LogP contribution in [0.2, 0.25) is 0 Å². The Morgan fingerprint density at radius 3 is 2.58 bits per heavy atom. The highest BCUT2D eigenvalue weighted by Crippen LogP contribution is 2.34. The Morgan fingerprint density at radius 2 is 1.81 bits per heavy atom. The molecule has 31 heavy (non-hydrogen) atoms. The maximum atomic E-state index is 14.3. The summed E-state index contributed by atoms with van der Waals surface area (Å²) >= 11 is 0. The van der Waals surface area contributed by atoms with Crippen LogP contribution in [0, 0.1) is 5.82 Å². The molecule has 1 amide bonds. The Balaban J connectivity index is 1.70. The first-order chi connectivity index (χ1) is 14.9. The zero-order valence-corrected chi connectivity index (χ0v) is 18.1. The number of fused-ring (bicyclic) bond motifs is 1. The second-order valence-electron chi connectivity index (χ2n) is 7.55. The molecule has 1 unspecified atom stereocenters. The van der Waals surface area contributed by atoms with E-state index in [1.807, 2.05) is 37.3 Å². The van der Waals surface area contributed by atoms with Gasteiger partial charge in [-0.15, -0.1) is 0 Å². The van der Waals surface area contributed by atoms with Gasteiger partial charge in [0.2, 0.25) is 0 Å². The first-order valence-electron chi connectivity index (χ1n) is 10.3. The van der Waals surface area contributed by atoms with Gasteiger partial charge in [0.25, 0.3) is 5.91 Å². The van der Waals surface area contributed by atoms with Gasteiger partial charge in [-0.1, -0.05) is 48.5 Å². The van der Waals surface area contributed by atoms with E-state index in [0.29, 0.717) is 17.9 Å². The minimum atomic E-state index is -3.61. The molecule has 0 bridgehead atoms. The zero-order chi connectivity index (χ0) is 22.0. The number of ether oxygens (including phenoxy) is 1. The van der Waals surface area contributed by atoms with Gasteiger partial charge in [0.05, 0.1) is 23.2 Å². The summed E-state index contributed by atoms with van der Waals surface area (Å²) < 4.78 is 45.9. The molecule has 162 valence electrons. The van der Waals surface area contributed by atoms with Crippen molar-refractivity contribution in [2.75, 3.05) is 25.4 Å². The van der Waals surface area contributed by atoms with Crippen molar-refractivity contribution in [3.8, 4) is 5.75 Å². The van der Waals surface area contributed by atoms with Crippen molar-refractivity contribution < 1.29 is 22.3 Å². The molecular weight excluding hydrogens is 417 g/mol. The summed E-state index contributed by atoms with van der Waals surface area (Å²) in [6.07, 6.45) is 0.143. The van der Waals surface area contributed by atoms with Gasteiger partial charge in [0.1, 0.15) is 11.6 Å². The van der Waals surface area contributed by atoms with E-state index in [9.17, 15) is 17.6 Å². The quantitative estimate of drug-likeness (QED) is 0.603. The largest absolute Gasteiger partial charge is 0.493 e. The second-order valence-corrected chi connectivity index (χ2v) is 9.85. The Labute approximate surface area is 181 Å². The fourth-order valence-corrected chi connectivity index (χ4v) is 5.94. The van der Waals surface area contributed by atoms with Crippen LogP contribution in [0.15, 0.2) is 60.7 Å². The van der Waals surface area contributed by atoms with E-state index in [2.05, 4.69) is 0 Å². The van der Waals surface area contributed by atoms with Gasteiger partial charge in [-0.3, -0.25) is 4.79 Å². The van der Waals surface area contributed by atoms with Gasteiger partial charge in [-0.25, -0.2) is 12.8 Å². The molecule has 0 aliphatic carbocycles. The van der Waals surface area contributed by atoms with Crippen LogP contribution < -0.4 is 4.74 Å². The molecule has 5 nitrogen and oxygen atoms in total. The molecule has 7 heteroatoms. The summed E-state index contributed by atoms with van der Waals surface area (Å²) in [5.41, 5.74) is 0.596. The fourth-order valence-electron chi connectivity index (χ4n) is 4.14. The second kappa shape index (κ2) is 8.67. The lowest BCUT2D eigenvalue weighted by molar-refractivity contribution is 0.0764. The van der Waals surface area contributed by atoms with E-state index >= 15 is 0 Å². The average molecular weight is 442 g/mol. The lowest BCUT2D eigenvalue weighted by Crippen LogP contribution is -2.34. The molecule has 1 aliphatic rings. The van der Waals surface area contributed by atoms with Crippen LogP contribution in [0.5, 0.6) is 5.75 Å². The van der Waals surface area contributed by atoms with Gasteiger partial charge in [-0.05, 0) is 36.2 Å². The van der Waals surface area contributed by atoms with E-state index in [1.54, 1.807) is 17.0 Å². The number of sulfone groups is 1. The highest BCUT2D eigenvalue weighted by molar-refractivity contribution is 7.91. The molecule has 1 atom stereocenters. The van der Waals surface area contributed by atoms with Gasteiger partial charge in [0, 0.05) is 18.7 Å². The van der Waals surface area contributed by atoms with E-state index in [4.69, 9.17) is 4.74 Å². The first kappa shape index (κ1) is 21.3. The van der Waals surface area contributed by atoms with Crippen molar-refractivity contribution in [3.63, 3.8) is 0 Å². The molecule has 1 saturated heterocycles. The molecule has 0 N–H and O–H groups in total. The third-order valence-electron chi connectivity index (χ3n) is 5.68. The van der Waals surface area contributed by atoms with Crippen LogP contribution in [0.4, 0.5) is 4.39 Å². The van der Waals surface area contributed by atoms with Crippen LogP contribution in [0.1, 0.15) is 34.5 Å². The molecule has 3 aromatic rings. The molecule has 3 aromatic carbocycles. The third kappa shape index (κ3) is 4.14. The van der Waals surface area contributed by atoms with Crippen molar-refractivity contribution in [1.82, 2.24) is 4.90 Å². The minimum Gasteiger partial charge on any atom is -0.493 e. The van der Waals surface area contributed by atoms with Gasteiger partial charge < -0.3 is 9.64 Å². The van der Waals surface area contributed by atoms with Gasteiger partial charge in [-0.2, -0.15) is 0 Å². The van der Waals surface area contributed by atoms with Crippen molar-refractivity contribution in [1.29, 1.82) is 0 Å². The number of carbonyl (C=O) groups is 1. The maximum Gasteiger partial charge on any atom is 0.258 e. The Morgan fingerprint density at radius 1 is 1.06 bits per heavy atom. The molecule has 0 radical (unpaired) electrons. The van der Waals surface area contributed by atoms with E-state index in [-0.39, 0.29) is 36.7 Å². The lowest BCUT2D eigenvalue weighted by Gasteiger charge is -2.22. The topological polar surface area (TPSA) is 63.7 Å². The average Bonchev–Trinajstić information content (AvgIpc) is 2.92. The number of hydrogen-bond acceptors (Lipinski definition) is 4. The number of carbonyl (C=O) groups excluding carboxylic acids is 1. The first-order valence-corrected chi connectivity index (χ1v) is 12.0. The summed E-state index contributed by atoms with van der Waals surface area (Å²) in [5, 5.41) is 0.697. The predicted molar refractivity (Wildman–Crippen MR) is 119 cm³/mol. The molecule has 4 rings (SSSR count). The molecule has 1 fully saturated rings. The van der Waals surface area contributed by atoms with Crippen LogP contribution in [-0.4, -0.2) is 44.7 Å². The highest BCUT2D eigenvalue weighted by Gasteiger charge is 2.35. The number of benzene rings is 3. The third-order valence-corrected chi connectivity index (χ3v) is 7.79. The van der Waals surface area contributed by atoms with Gasteiger partial charge >= 0.3 is 0 Å². The smallest absolute Gasteiger partial charge is 0.258 e. The maximum absolute atomic E-state index is 14.3. The summed E-state index contributed by atoms with van der Waals surface area (Å²) in [6, 6.07) is 17.2. The normalized spacial score (nSPS) is 18.5. The molecule has 0 aromatic heterocycles. The monoisotopic (exact) mass is 441 g/mol. The molecular formula is C24H24FNO4S. The standard InChI is InChI=1S/C24H24FNO4S/c1-2-30-21-12-11-17-7-3-4-8-18(17)23(21)24(27)26-14-13-22(31(28,29)16-15-26)19-9-5-6-10-20(19)25/h3-12,22H,2,13-16H2,1H3. The number of rotatable bonds is 4. The zero-order valence-electron chi connectivity index (χ0n) is 17.3. The number of hydrogen-bond donors (Lipinski definition) is 0. The van der Waals surface area contributed by atoms with Crippen molar-refractivity contribution in [2.45, 2.75) is 18.6 Å². The van der Waals surface area contributed by atoms with Crippen molar-refractivity contribution >= 4 is 26.5 Å². The van der Waals surface area contributed by atoms with E-state index in [0.717, 1.165) is 10.8 Å². The number of nitrogens with zero attached hydrogens (tertiary/aromatic N) is 1. The summed E-state index contributed by atoms with van der Waals surface area (Å²) in [6.45, 7) is 2.52. The molecule has 0 saturated carbocycles. The Kier molecular flexibility index (Phi) is 5.96. The fraction of sp³-hybridized carbons (Fsp3) is 0.292. The predicted octanol–water partition coefficient (Wildman–Crippen LogP) is 4.38. The summed E-state index contributed by atoms with van der Waals surface area (Å²) in [7, 11) is -3.61. The van der Waals surface area contributed by atoms with E-state index in [1.165, 1.54) is 18.2 Å². The Hall–Kier alpha value is -2.93. The highest BCUT2D eigenvalue weighted by atomic mass is 32.2. The van der Waals surface area contributed by atoms with Crippen molar-refractivity contribution in [2.24, 2.45) is 0 Å². The molecule has 0 spiro atoms. The summed E-state index contributed by atoms with van der Waals surface area (Å²) in [4.78, 5) is 15.1. The summed E-state index contributed by atoms with van der Waals surface area (Å²) in [5.74, 6) is -0.552. The Bertz CT molecular complexity index is 1230. The number of halogens is 1. The van der Waals surface area contributed by atoms with E-state index < -0.39 is 20.9 Å². The minimum absolute atomic E-state index is 0.0565. The van der Waals surface area contributed by atoms with Crippen LogP contribution in [0.3, 0.4) is 0 Å².